The lowest BCUT2D eigenvalue weighted by molar-refractivity contribution is 0.108. The molecule has 4 heteroatoms. The Morgan fingerprint density at radius 2 is 1.92 bits per heavy atom. The second-order valence-electron chi connectivity index (χ2n) is 2.52. The standard InChI is InChI=1S/C9H7Br2ClO/c10-5-8(11)6-1-3-7(4-2-6)9(12)13/h1-4,8H,5H2. The first kappa shape index (κ1) is 11.2. The molecule has 13 heavy (non-hydrogen) atoms. The average molecular weight is 326 g/mol. The van der Waals surface area contributed by atoms with Gasteiger partial charge in [0.2, 0.25) is 0 Å². The molecule has 0 fully saturated rings. The van der Waals surface area contributed by atoms with Gasteiger partial charge in [-0.15, -0.1) is 0 Å². The molecular weight excluding hydrogens is 319 g/mol. The Balaban J connectivity index is 2.87. The lowest BCUT2D eigenvalue weighted by Crippen LogP contribution is -1.93. The van der Waals surface area contributed by atoms with Gasteiger partial charge in [-0.1, -0.05) is 44.0 Å². The van der Waals surface area contributed by atoms with Crippen LogP contribution in [0.15, 0.2) is 24.3 Å². The maximum absolute atomic E-state index is 10.7. The molecule has 0 N–H and O–H groups in total. The van der Waals surface area contributed by atoms with Gasteiger partial charge in [0.15, 0.2) is 0 Å². The van der Waals surface area contributed by atoms with E-state index in [2.05, 4.69) is 31.9 Å². The van der Waals surface area contributed by atoms with Crippen LogP contribution in [0.4, 0.5) is 0 Å². The maximum Gasteiger partial charge on any atom is 0.252 e. The Hall–Kier alpha value is 0.140. The van der Waals surface area contributed by atoms with E-state index in [1.54, 1.807) is 12.1 Å². The van der Waals surface area contributed by atoms with Gasteiger partial charge in [0.05, 0.1) is 0 Å². The summed E-state index contributed by atoms with van der Waals surface area (Å²) in [6.45, 7) is 0. The fraction of sp³-hybridized carbons (Fsp3) is 0.222. The van der Waals surface area contributed by atoms with Crippen LogP contribution < -0.4 is 0 Å². The van der Waals surface area contributed by atoms with E-state index >= 15 is 0 Å². The van der Waals surface area contributed by atoms with Crippen molar-refractivity contribution in [3.8, 4) is 0 Å². The number of carbonyl (C=O) groups excluding carboxylic acids is 1. The largest absolute Gasteiger partial charge is 0.276 e. The molecule has 0 bridgehead atoms. The Bertz CT molecular complexity index is 297. The highest BCUT2D eigenvalue weighted by molar-refractivity contribution is 9.12. The topological polar surface area (TPSA) is 17.1 Å². The van der Waals surface area contributed by atoms with Crippen LogP contribution >= 0.6 is 43.5 Å². The second-order valence-corrected chi connectivity index (χ2v) is 4.61. The van der Waals surface area contributed by atoms with E-state index in [4.69, 9.17) is 11.6 Å². The number of alkyl halides is 2. The number of hydrogen-bond acceptors (Lipinski definition) is 1. The van der Waals surface area contributed by atoms with Gasteiger partial charge in [0.25, 0.3) is 5.24 Å². The zero-order chi connectivity index (χ0) is 9.84. The first-order valence-electron chi connectivity index (χ1n) is 3.65. The monoisotopic (exact) mass is 324 g/mol. The normalized spacial score (nSPS) is 12.5. The highest BCUT2D eigenvalue weighted by Crippen LogP contribution is 2.24. The van der Waals surface area contributed by atoms with E-state index in [9.17, 15) is 4.79 Å². The zero-order valence-electron chi connectivity index (χ0n) is 6.64. The molecule has 1 nitrogen and oxygen atoms in total. The molecule has 0 saturated heterocycles. The molecule has 0 aliphatic rings. The van der Waals surface area contributed by atoms with Crippen LogP contribution in [0.25, 0.3) is 0 Å². The van der Waals surface area contributed by atoms with E-state index in [1.807, 2.05) is 12.1 Å². The van der Waals surface area contributed by atoms with Crippen molar-refractivity contribution in [1.29, 1.82) is 0 Å². The highest BCUT2D eigenvalue weighted by Gasteiger charge is 2.06. The van der Waals surface area contributed by atoms with Gasteiger partial charge in [0.1, 0.15) is 0 Å². The van der Waals surface area contributed by atoms with E-state index in [0.717, 1.165) is 10.9 Å². The van der Waals surface area contributed by atoms with Crippen LogP contribution in [-0.4, -0.2) is 10.6 Å². The predicted octanol–water partition coefficient (Wildman–Crippen LogP) is 3.90. The Labute approximate surface area is 98.7 Å². The van der Waals surface area contributed by atoms with Gasteiger partial charge in [0, 0.05) is 15.7 Å². The summed E-state index contributed by atoms with van der Waals surface area (Å²) in [5, 5.41) is 0.415. The highest BCUT2D eigenvalue weighted by atomic mass is 79.9. The molecule has 1 rings (SSSR count). The molecule has 1 aromatic rings. The Morgan fingerprint density at radius 1 is 1.38 bits per heavy atom. The van der Waals surface area contributed by atoms with Crippen LogP contribution in [0.3, 0.4) is 0 Å². The van der Waals surface area contributed by atoms with Crippen LogP contribution in [0.1, 0.15) is 20.7 Å². The first-order chi connectivity index (χ1) is 6.15. The molecule has 0 saturated carbocycles. The van der Waals surface area contributed by atoms with Crippen molar-refractivity contribution in [2.24, 2.45) is 0 Å². The maximum atomic E-state index is 10.7. The van der Waals surface area contributed by atoms with Crippen molar-refractivity contribution in [2.75, 3.05) is 5.33 Å². The average Bonchev–Trinajstić information content (AvgIpc) is 2.17. The molecule has 1 atom stereocenters. The van der Waals surface area contributed by atoms with Crippen LogP contribution in [0.5, 0.6) is 0 Å². The van der Waals surface area contributed by atoms with Gasteiger partial charge in [-0.05, 0) is 29.3 Å². The summed E-state index contributed by atoms with van der Waals surface area (Å²) in [5.41, 5.74) is 1.65. The zero-order valence-corrected chi connectivity index (χ0v) is 10.6. The number of halogens is 3. The molecule has 0 aliphatic carbocycles. The summed E-state index contributed by atoms with van der Waals surface area (Å²) >= 11 is 12.1. The molecule has 0 spiro atoms. The van der Waals surface area contributed by atoms with Crippen molar-refractivity contribution >= 4 is 48.7 Å². The molecule has 1 unspecified atom stereocenters. The number of hydrogen-bond donors (Lipinski definition) is 0. The Kier molecular flexibility index (Phi) is 4.42. The molecule has 1 aromatic carbocycles. The van der Waals surface area contributed by atoms with Crippen molar-refractivity contribution in [1.82, 2.24) is 0 Å². The molecule has 70 valence electrons. The lowest BCUT2D eigenvalue weighted by Gasteiger charge is -2.05. The van der Waals surface area contributed by atoms with Gasteiger partial charge in [-0.25, -0.2) is 0 Å². The molecular formula is C9H7Br2ClO. The molecule has 0 aromatic heterocycles. The molecule has 0 radical (unpaired) electrons. The minimum atomic E-state index is -0.420. The van der Waals surface area contributed by atoms with Crippen molar-refractivity contribution in [3.63, 3.8) is 0 Å². The van der Waals surface area contributed by atoms with Gasteiger partial charge < -0.3 is 0 Å². The minimum Gasteiger partial charge on any atom is -0.276 e. The first-order valence-corrected chi connectivity index (χ1v) is 6.06. The van der Waals surface area contributed by atoms with E-state index < -0.39 is 5.24 Å². The number of rotatable bonds is 3. The summed E-state index contributed by atoms with van der Waals surface area (Å²) in [4.78, 5) is 11.0. The fourth-order valence-electron chi connectivity index (χ4n) is 0.912. The van der Waals surface area contributed by atoms with E-state index in [1.165, 1.54) is 0 Å². The fourth-order valence-corrected chi connectivity index (χ4v) is 1.72. The van der Waals surface area contributed by atoms with Crippen molar-refractivity contribution in [3.05, 3.63) is 35.4 Å². The third-order valence-corrected chi connectivity index (χ3v) is 4.22. The summed E-state index contributed by atoms with van der Waals surface area (Å²) in [6, 6.07) is 7.22. The van der Waals surface area contributed by atoms with Crippen LogP contribution in [0, 0.1) is 0 Å². The van der Waals surface area contributed by atoms with E-state index in [-0.39, 0.29) is 4.83 Å². The predicted molar refractivity (Wildman–Crippen MR) is 62.1 cm³/mol. The molecule has 0 aliphatic heterocycles. The quantitative estimate of drug-likeness (QED) is 0.608. The SMILES string of the molecule is O=C(Cl)c1ccc(C(Br)CBr)cc1. The van der Waals surface area contributed by atoms with Gasteiger partial charge in [-0.3, -0.25) is 4.79 Å². The summed E-state index contributed by atoms with van der Waals surface area (Å²) in [7, 11) is 0. The van der Waals surface area contributed by atoms with Gasteiger partial charge in [-0.2, -0.15) is 0 Å². The third-order valence-electron chi connectivity index (χ3n) is 1.63. The second kappa shape index (κ2) is 5.13. The van der Waals surface area contributed by atoms with Gasteiger partial charge >= 0.3 is 0 Å². The number of carbonyl (C=O) groups is 1. The Morgan fingerprint density at radius 3 is 2.31 bits per heavy atom. The summed E-state index contributed by atoms with van der Waals surface area (Å²) in [5.74, 6) is 0. The minimum absolute atomic E-state index is 0.270. The third kappa shape index (κ3) is 3.08. The van der Waals surface area contributed by atoms with E-state index in [0.29, 0.717) is 5.56 Å². The van der Waals surface area contributed by atoms with Crippen LogP contribution in [0.2, 0.25) is 0 Å². The number of benzene rings is 1. The molecule has 0 amide bonds. The summed E-state index contributed by atoms with van der Waals surface area (Å²) < 4.78 is 0. The van der Waals surface area contributed by atoms with Crippen LogP contribution in [-0.2, 0) is 0 Å². The summed E-state index contributed by atoms with van der Waals surface area (Å²) in [6.07, 6.45) is 0. The molecule has 0 heterocycles. The lowest BCUT2D eigenvalue weighted by atomic mass is 10.1. The van der Waals surface area contributed by atoms with Crippen molar-refractivity contribution in [2.45, 2.75) is 4.83 Å². The van der Waals surface area contributed by atoms with Crippen molar-refractivity contribution < 1.29 is 4.79 Å². The smallest absolute Gasteiger partial charge is 0.252 e.